The number of carbonyl (C=O) groups excluding carboxylic acids is 1. The highest BCUT2D eigenvalue weighted by atomic mass is 35.5. The second-order valence-corrected chi connectivity index (χ2v) is 6.14. The maximum absolute atomic E-state index is 12.0. The van der Waals surface area contributed by atoms with Crippen LogP contribution in [0.4, 0.5) is 0 Å². The lowest BCUT2D eigenvalue weighted by Gasteiger charge is -2.03. The van der Waals surface area contributed by atoms with Crippen molar-refractivity contribution in [2.75, 3.05) is 0 Å². The monoisotopic (exact) mass is 344 g/mol. The first kappa shape index (κ1) is 15.6. The van der Waals surface area contributed by atoms with Gasteiger partial charge in [-0.25, -0.2) is 14.8 Å². The molecule has 0 unspecified atom stereocenters. The summed E-state index contributed by atoms with van der Waals surface area (Å²) in [7, 11) is 0. The lowest BCUT2D eigenvalue weighted by molar-refractivity contribution is 0.0468. The maximum atomic E-state index is 12.0. The van der Waals surface area contributed by atoms with Crippen LogP contribution in [0.1, 0.15) is 21.6 Å². The third kappa shape index (κ3) is 3.75. The van der Waals surface area contributed by atoms with Gasteiger partial charge in [-0.3, -0.25) is 0 Å². The van der Waals surface area contributed by atoms with Crippen molar-refractivity contribution in [2.24, 2.45) is 0 Å². The molecule has 23 heavy (non-hydrogen) atoms. The largest absolute Gasteiger partial charge is 0.455 e. The van der Waals surface area contributed by atoms with Crippen molar-refractivity contribution in [1.29, 1.82) is 0 Å². The number of hydrogen-bond acceptors (Lipinski definition) is 5. The first-order valence-electron chi connectivity index (χ1n) is 6.92. The Labute approximate surface area is 142 Å². The summed E-state index contributed by atoms with van der Waals surface area (Å²) in [6, 6.07) is 11.4. The van der Waals surface area contributed by atoms with E-state index in [1.807, 2.05) is 36.6 Å². The highest BCUT2D eigenvalue weighted by Crippen LogP contribution is 2.24. The minimum atomic E-state index is -0.506. The number of ether oxygens (including phenoxy) is 1. The van der Waals surface area contributed by atoms with E-state index in [4.69, 9.17) is 16.3 Å². The molecule has 3 aromatic rings. The van der Waals surface area contributed by atoms with Gasteiger partial charge in [-0.2, -0.15) is 0 Å². The lowest BCUT2D eigenvalue weighted by atomic mass is 10.2. The van der Waals surface area contributed by atoms with Crippen LogP contribution in [0.3, 0.4) is 0 Å². The van der Waals surface area contributed by atoms with E-state index >= 15 is 0 Å². The molecular weight excluding hydrogens is 332 g/mol. The van der Waals surface area contributed by atoms with E-state index < -0.39 is 5.97 Å². The normalized spacial score (nSPS) is 10.5. The van der Waals surface area contributed by atoms with E-state index in [2.05, 4.69) is 9.97 Å². The molecule has 0 spiro atoms. The molecule has 0 saturated carbocycles. The molecule has 0 fully saturated rings. The Hall–Kier alpha value is -2.24. The standard InChI is InChI=1S/C17H13ClN2O2S/c1-11-4-6-12(7-5-11)16-20-13(10-23-16)9-22-17(21)14-3-2-8-19-15(14)18/h2-8,10H,9H2,1H3. The molecule has 2 heterocycles. The van der Waals surface area contributed by atoms with Crippen LogP contribution in [0, 0.1) is 6.92 Å². The van der Waals surface area contributed by atoms with Gasteiger partial charge in [-0.15, -0.1) is 11.3 Å². The number of hydrogen-bond donors (Lipinski definition) is 0. The summed E-state index contributed by atoms with van der Waals surface area (Å²) in [5.74, 6) is -0.506. The SMILES string of the molecule is Cc1ccc(-c2nc(COC(=O)c3cccnc3Cl)cs2)cc1. The molecule has 0 atom stereocenters. The predicted octanol–water partition coefficient (Wildman–Crippen LogP) is 4.52. The van der Waals surface area contributed by atoms with Crippen molar-refractivity contribution in [1.82, 2.24) is 9.97 Å². The number of aromatic nitrogens is 2. The smallest absolute Gasteiger partial charge is 0.341 e. The summed E-state index contributed by atoms with van der Waals surface area (Å²) in [5, 5.41) is 2.92. The van der Waals surface area contributed by atoms with Gasteiger partial charge in [0.05, 0.1) is 11.3 Å². The number of carbonyl (C=O) groups is 1. The minimum Gasteiger partial charge on any atom is -0.455 e. The predicted molar refractivity (Wildman–Crippen MR) is 90.7 cm³/mol. The van der Waals surface area contributed by atoms with Crippen LogP contribution in [0.5, 0.6) is 0 Å². The molecule has 0 aliphatic carbocycles. The number of halogens is 1. The van der Waals surface area contributed by atoms with Gasteiger partial charge in [0.15, 0.2) is 0 Å². The highest BCUT2D eigenvalue weighted by Gasteiger charge is 2.13. The molecule has 0 amide bonds. The van der Waals surface area contributed by atoms with E-state index in [-0.39, 0.29) is 17.3 Å². The molecule has 1 aromatic carbocycles. The topological polar surface area (TPSA) is 52.1 Å². The Morgan fingerprint density at radius 1 is 1.26 bits per heavy atom. The van der Waals surface area contributed by atoms with Gasteiger partial charge in [0, 0.05) is 17.1 Å². The number of thiazole rings is 1. The van der Waals surface area contributed by atoms with E-state index in [9.17, 15) is 4.79 Å². The van der Waals surface area contributed by atoms with Crippen LogP contribution in [0.25, 0.3) is 10.6 Å². The number of benzene rings is 1. The summed E-state index contributed by atoms with van der Waals surface area (Å²) in [4.78, 5) is 20.3. The summed E-state index contributed by atoms with van der Waals surface area (Å²) >= 11 is 7.39. The summed E-state index contributed by atoms with van der Waals surface area (Å²) in [5.41, 5.74) is 3.21. The van der Waals surface area contributed by atoms with Crippen molar-refractivity contribution in [3.63, 3.8) is 0 Å². The third-order valence-electron chi connectivity index (χ3n) is 3.18. The molecule has 4 nitrogen and oxygen atoms in total. The van der Waals surface area contributed by atoms with E-state index in [0.29, 0.717) is 5.69 Å². The zero-order valence-corrected chi connectivity index (χ0v) is 13.9. The Balaban J connectivity index is 1.67. The van der Waals surface area contributed by atoms with E-state index in [0.717, 1.165) is 10.6 Å². The van der Waals surface area contributed by atoms with Crippen LogP contribution in [0.15, 0.2) is 48.0 Å². The summed E-state index contributed by atoms with van der Waals surface area (Å²) in [6.07, 6.45) is 1.52. The molecule has 6 heteroatoms. The Morgan fingerprint density at radius 3 is 2.78 bits per heavy atom. The first-order valence-corrected chi connectivity index (χ1v) is 8.18. The fraction of sp³-hybridized carbons (Fsp3) is 0.118. The average Bonchev–Trinajstić information content (AvgIpc) is 3.03. The van der Waals surface area contributed by atoms with Gasteiger partial charge < -0.3 is 4.74 Å². The molecule has 0 saturated heterocycles. The van der Waals surface area contributed by atoms with Crippen LogP contribution >= 0.6 is 22.9 Å². The van der Waals surface area contributed by atoms with Crippen LogP contribution in [-0.2, 0) is 11.3 Å². The Morgan fingerprint density at radius 2 is 2.04 bits per heavy atom. The summed E-state index contributed by atoms with van der Waals surface area (Å²) < 4.78 is 5.24. The van der Waals surface area contributed by atoms with E-state index in [1.54, 1.807) is 12.1 Å². The second kappa shape index (κ2) is 6.89. The molecular formula is C17H13ClN2O2S. The van der Waals surface area contributed by atoms with Gasteiger partial charge in [0.25, 0.3) is 0 Å². The molecule has 0 N–H and O–H groups in total. The first-order chi connectivity index (χ1) is 11.1. The number of aryl methyl sites for hydroxylation is 1. The van der Waals surface area contributed by atoms with Crippen molar-refractivity contribution in [3.8, 4) is 10.6 Å². The third-order valence-corrected chi connectivity index (χ3v) is 4.42. The maximum Gasteiger partial charge on any atom is 0.341 e. The quantitative estimate of drug-likeness (QED) is 0.515. The number of rotatable bonds is 4. The van der Waals surface area contributed by atoms with Gasteiger partial charge in [-0.05, 0) is 19.1 Å². The fourth-order valence-corrected chi connectivity index (χ4v) is 2.96. The van der Waals surface area contributed by atoms with E-state index in [1.165, 1.54) is 23.1 Å². The van der Waals surface area contributed by atoms with Crippen molar-refractivity contribution in [3.05, 3.63) is 69.9 Å². The average molecular weight is 345 g/mol. The van der Waals surface area contributed by atoms with Gasteiger partial charge in [-0.1, -0.05) is 41.4 Å². The van der Waals surface area contributed by atoms with Crippen molar-refractivity contribution < 1.29 is 9.53 Å². The molecule has 0 bridgehead atoms. The Kier molecular flexibility index (Phi) is 4.69. The molecule has 3 rings (SSSR count). The van der Waals surface area contributed by atoms with Crippen LogP contribution in [0.2, 0.25) is 5.15 Å². The lowest BCUT2D eigenvalue weighted by Crippen LogP contribution is -2.06. The second-order valence-electron chi connectivity index (χ2n) is 4.93. The zero-order chi connectivity index (χ0) is 16.2. The van der Waals surface area contributed by atoms with Gasteiger partial charge >= 0.3 is 5.97 Å². The molecule has 0 aliphatic heterocycles. The number of nitrogens with zero attached hydrogens (tertiary/aromatic N) is 2. The molecule has 2 aromatic heterocycles. The summed E-state index contributed by atoms with van der Waals surface area (Å²) in [6.45, 7) is 2.15. The highest BCUT2D eigenvalue weighted by molar-refractivity contribution is 7.13. The van der Waals surface area contributed by atoms with Crippen LogP contribution < -0.4 is 0 Å². The van der Waals surface area contributed by atoms with Gasteiger partial charge in [0.2, 0.25) is 0 Å². The number of pyridine rings is 1. The number of esters is 1. The van der Waals surface area contributed by atoms with Crippen molar-refractivity contribution in [2.45, 2.75) is 13.5 Å². The molecule has 116 valence electrons. The fourth-order valence-electron chi connectivity index (χ4n) is 1.96. The molecule has 0 radical (unpaired) electrons. The molecule has 0 aliphatic rings. The van der Waals surface area contributed by atoms with Crippen LogP contribution in [-0.4, -0.2) is 15.9 Å². The zero-order valence-electron chi connectivity index (χ0n) is 12.3. The Bertz CT molecular complexity index is 831. The minimum absolute atomic E-state index is 0.104. The van der Waals surface area contributed by atoms with Gasteiger partial charge in [0.1, 0.15) is 16.8 Å². The van der Waals surface area contributed by atoms with Crippen molar-refractivity contribution >= 4 is 28.9 Å².